The smallest absolute Gasteiger partial charge is 0.243 e. The van der Waals surface area contributed by atoms with E-state index in [1.54, 1.807) is 35.5 Å². The molecule has 0 atom stereocenters. The van der Waals surface area contributed by atoms with Crippen LogP contribution in [0.3, 0.4) is 0 Å². The molecule has 0 radical (unpaired) electrons. The summed E-state index contributed by atoms with van der Waals surface area (Å²) in [4.78, 5) is 12.2. The Morgan fingerprint density at radius 1 is 1.23 bits per heavy atom. The predicted molar refractivity (Wildman–Crippen MR) is 89.0 cm³/mol. The van der Waals surface area contributed by atoms with Gasteiger partial charge in [0, 0.05) is 55.2 Å². The summed E-state index contributed by atoms with van der Waals surface area (Å²) in [7, 11) is 8.21. The monoisotopic (exact) mass is 322 g/mol. The fraction of sp³-hybridized carbons (Fsp3) is 0.800. The second kappa shape index (κ2) is 25.0. The molecule has 0 aromatic carbocycles. The van der Waals surface area contributed by atoms with Crippen molar-refractivity contribution in [3.05, 3.63) is 12.7 Å². The van der Waals surface area contributed by atoms with Gasteiger partial charge in [-0.15, -0.1) is 0 Å². The van der Waals surface area contributed by atoms with Gasteiger partial charge in [-0.2, -0.15) is 0 Å². The fourth-order valence-electron chi connectivity index (χ4n) is 1.01. The third kappa shape index (κ3) is 27.4. The summed E-state index contributed by atoms with van der Waals surface area (Å²) in [6.45, 7) is 10.5. The topological polar surface area (TPSA) is 69.3 Å². The van der Waals surface area contributed by atoms with Crippen molar-refractivity contribution in [2.24, 2.45) is 0 Å². The first-order valence-electron chi connectivity index (χ1n) is 7.09. The van der Waals surface area contributed by atoms with Crippen molar-refractivity contribution in [3.8, 4) is 0 Å². The second-order valence-corrected chi connectivity index (χ2v) is 3.95. The SMILES string of the molecule is C=CC(=O)NC.CCOC.COC.COCN1CCOCC1. The fourth-order valence-corrected chi connectivity index (χ4v) is 1.01. The van der Waals surface area contributed by atoms with Crippen molar-refractivity contribution in [2.45, 2.75) is 6.92 Å². The molecule has 7 heteroatoms. The van der Waals surface area contributed by atoms with Crippen LogP contribution in [0, 0.1) is 0 Å². The van der Waals surface area contributed by atoms with Crippen LogP contribution < -0.4 is 5.32 Å². The van der Waals surface area contributed by atoms with Crippen LogP contribution >= 0.6 is 0 Å². The van der Waals surface area contributed by atoms with Crippen LogP contribution in [0.4, 0.5) is 0 Å². The maximum Gasteiger partial charge on any atom is 0.243 e. The molecule has 0 unspecified atom stereocenters. The minimum absolute atomic E-state index is 0.144. The van der Waals surface area contributed by atoms with Crippen LogP contribution in [0.25, 0.3) is 0 Å². The Balaban J connectivity index is -0.000000243. The molecule has 0 spiro atoms. The summed E-state index contributed by atoms with van der Waals surface area (Å²) in [5, 5.41) is 2.36. The van der Waals surface area contributed by atoms with E-state index in [1.807, 2.05) is 6.92 Å². The van der Waals surface area contributed by atoms with Crippen LogP contribution in [-0.4, -0.2) is 85.9 Å². The van der Waals surface area contributed by atoms with Gasteiger partial charge in [-0.05, 0) is 13.0 Å². The van der Waals surface area contributed by atoms with Gasteiger partial charge < -0.3 is 24.3 Å². The highest BCUT2D eigenvalue weighted by molar-refractivity contribution is 5.86. The van der Waals surface area contributed by atoms with Crippen LogP contribution in [0.5, 0.6) is 0 Å². The number of nitrogens with zero attached hydrogens (tertiary/aromatic N) is 1. The number of morpholine rings is 1. The van der Waals surface area contributed by atoms with Crippen molar-refractivity contribution in [1.29, 1.82) is 0 Å². The third-order valence-electron chi connectivity index (χ3n) is 2.14. The number of amides is 1. The number of carbonyl (C=O) groups is 1. The molecule has 0 aromatic rings. The predicted octanol–water partition coefficient (Wildman–Crippen LogP) is 0.756. The zero-order chi connectivity index (χ0) is 17.6. The molecule has 1 N–H and O–H groups in total. The van der Waals surface area contributed by atoms with Gasteiger partial charge in [0.1, 0.15) is 0 Å². The number of methoxy groups -OCH3 is 3. The normalized spacial score (nSPS) is 13.2. The summed E-state index contributed by atoms with van der Waals surface area (Å²) in [5.74, 6) is -0.144. The minimum atomic E-state index is -0.144. The molecule has 0 bridgehead atoms. The van der Waals surface area contributed by atoms with Gasteiger partial charge in [0.2, 0.25) is 5.91 Å². The Labute approximate surface area is 135 Å². The van der Waals surface area contributed by atoms with Gasteiger partial charge in [0.15, 0.2) is 0 Å². The number of rotatable bonds is 4. The Kier molecular flexibility index (Phi) is 29.5. The molecule has 1 amide bonds. The van der Waals surface area contributed by atoms with E-state index in [4.69, 9.17) is 9.47 Å². The molecular formula is C15H34N2O5. The van der Waals surface area contributed by atoms with E-state index in [9.17, 15) is 4.79 Å². The van der Waals surface area contributed by atoms with Gasteiger partial charge in [-0.3, -0.25) is 9.69 Å². The van der Waals surface area contributed by atoms with Crippen molar-refractivity contribution in [3.63, 3.8) is 0 Å². The zero-order valence-electron chi connectivity index (χ0n) is 15.0. The highest BCUT2D eigenvalue weighted by Gasteiger charge is 2.07. The largest absolute Gasteiger partial charge is 0.388 e. The van der Waals surface area contributed by atoms with E-state index in [-0.39, 0.29) is 5.91 Å². The van der Waals surface area contributed by atoms with E-state index in [2.05, 4.69) is 26.3 Å². The average molecular weight is 322 g/mol. The minimum Gasteiger partial charge on any atom is -0.388 e. The van der Waals surface area contributed by atoms with E-state index in [0.717, 1.165) is 39.6 Å². The van der Waals surface area contributed by atoms with Crippen LogP contribution in [0.1, 0.15) is 6.92 Å². The summed E-state index contributed by atoms with van der Waals surface area (Å²) >= 11 is 0. The molecule has 1 fully saturated rings. The Morgan fingerprint density at radius 2 is 1.68 bits per heavy atom. The lowest BCUT2D eigenvalue weighted by atomic mass is 10.5. The van der Waals surface area contributed by atoms with Gasteiger partial charge >= 0.3 is 0 Å². The average Bonchev–Trinajstić information content (AvgIpc) is 2.57. The van der Waals surface area contributed by atoms with Gasteiger partial charge in [0.05, 0.1) is 19.9 Å². The maximum atomic E-state index is 9.95. The molecule has 1 saturated heterocycles. The van der Waals surface area contributed by atoms with Gasteiger partial charge in [0.25, 0.3) is 0 Å². The Hall–Kier alpha value is -0.990. The molecule has 0 saturated carbocycles. The number of carbonyl (C=O) groups excluding carboxylic acids is 1. The van der Waals surface area contributed by atoms with Gasteiger partial charge in [-0.1, -0.05) is 6.58 Å². The molecule has 134 valence electrons. The van der Waals surface area contributed by atoms with Crippen LogP contribution in [0.15, 0.2) is 12.7 Å². The number of nitrogens with one attached hydrogen (secondary N) is 1. The van der Waals surface area contributed by atoms with E-state index in [0.29, 0.717) is 0 Å². The molecular weight excluding hydrogens is 288 g/mol. The summed E-state index contributed by atoms with van der Waals surface area (Å²) < 4.78 is 18.9. The van der Waals surface area contributed by atoms with Crippen molar-refractivity contribution < 1.29 is 23.7 Å². The lowest BCUT2D eigenvalue weighted by Crippen LogP contribution is -2.37. The van der Waals surface area contributed by atoms with Crippen molar-refractivity contribution in [2.75, 3.05) is 75.1 Å². The highest BCUT2D eigenvalue weighted by Crippen LogP contribution is 1.94. The molecule has 1 aliphatic rings. The number of hydrogen-bond acceptors (Lipinski definition) is 6. The molecule has 0 aliphatic carbocycles. The summed E-state index contributed by atoms with van der Waals surface area (Å²) in [5.41, 5.74) is 0. The molecule has 1 heterocycles. The van der Waals surface area contributed by atoms with E-state index >= 15 is 0 Å². The molecule has 0 aromatic heterocycles. The molecule has 1 aliphatic heterocycles. The van der Waals surface area contributed by atoms with E-state index < -0.39 is 0 Å². The first-order chi connectivity index (χ1) is 10.6. The Morgan fingerprint density at radius 3 is 1.91 bits per heavy atom. The van der Waals surface area contributed by atoms with E-state index in [1.165, 1.54) is 6.08 Å². The first-order valence-corrected chi connectivity index (χ1v) is 7.09. The van der Waals surface area contributed by atoms with Crippen LogP contribution in [0.2, 0.25) is 0 Å². The molecule has 1 rings (SSSR count). The van der Waals surface area contributed by atoms with Crippen molar-refractivity contribution >= 4 is 5.91 Å². The number of hydrogen-bond donors (Lipinski definition) is 1. The second-order valence-electron chi connectivity index (χ2n) is 3.95. The summed E-state index contributed by atoms with van der Waals surface area (Å²) in [6.07, 6.45) is 1.22. The zero-order valence-corrected chi connectivity index (χ0v) is 15.0. The number of ether oxygens (including phenoxy) is 4. The van der Waals surface area contributed by atoms with Crippen LogP contribution in [-0.2, 0) is 23.7 Å². The standard InChI is InChI=1S/C6H13NO2.C4H7NO.C3H8O.C2H6O/c1-8-6-7-2-4-9-5-3-7;1-3-4(6)5-2;1-3-4-2;1-3-2/h2-6H2,1H3;3H,1H2,2H3,(H,5,6);3H2,1-2H3;1-2H3. The number of likely N-dealkylation sites (N-methyl/N-ethyl adjacent to an activating group) is 1. The lowest BCUT2D eigenvalue weighted by molar-refractivity contribution is -0.116. The Bertz CT molecular complexity index is 217. The summed E-state index contributed by atoms with van der Waals surface area (Å²) in [6, 6.07) is 0. The van der Waals surface area contributed by atoms with Crippen molar-refractivity contribution in [1.82, 2.24) is 10.2 Å². The van der Waals surface area contributed by atoms with Gasteiger partial charge in [-0.25, -0.2) is 0 Å². The molecule has 22 heavy (non-hydrogen) atoms. The molecule has 7 nitrogen and oxygen atoms in total. The lowest BCUT2D eigenvalue weighted by Gasteiger charge is -2.25. The maximum absolute atomic E-state index is 9.95. The highest BCUT2D eigenvalue weighted by atomic mass is 16.5. The first kappa shape index (κ1) is 25.9. The third-order valence-corrected chi connectivity index (χ3v) is 2.14. The quantitative estimate of drug-likeness (QED) is 0.771.